The first-order valence-electron chi connectivity index (χ1n) is 10.8. The molecule has 1 saturated carbocycles. The van der Waals surface area contributed by atoms with Crippen molar-refractivity contribution in [2.45, 2.75) is 32.5 Å². The maximum absolute atomic E-state index is 12.8. The summed E-state index contributed by atoms with van der Waals surface area (Å²) in [5.41, 5.74) is 8.41. The van der Waals surface area contributed by atoms with Gasteiger partial charge in [-0.1, -0.05) is 66.0 Å². The van der Waals surface area contributed by atoms with Crippen LogP contribution in [0.1, 0.15) is 34.5 Å². The maximum Gasteiger partial charge on any atom is 0.586 e. The van der Waals surface area contributed by atoms with Crippen LogP contribution in [-0.4, -0.2) is 35.4 Å². The van der Waals surface area contributed by atoms with Crippen molar-refractivity contribution < 1.29 is 28.2 Å². The Morgan fingerprint density at radius 2 is 2.00 bits per heavy atom. The number of carboxylic acids is 1. The fraction of sp³-hybridized carbons (Fsp3) is 0.333. The Hall–Kier alpha value is -3.24. The standard InChI is InChI=1S/C13H14F2NO2.C11H10N2O2S/c14-13(15)17-11-4-3-9(7-12(11)18-13)5-6-16-8-10-1-2-10;1-6-3-2-4-7(5-6)9-8(10(14)15)13-11(12)16-9/h3-4,7,10H,1-2,5-6,8H2;2-5H,1H3,(H2,12,13)(H,14,15)/q-1;. The van der Waals surface area contributed by atoms with E-state index in [4.69, 9.17) is 10.8 Å². The van der Waals surface area contributed by atoms with Gasteiger partial charge in [-0.25, -0.2) is 9.78 Å². The molecule has 0 unspecified atom stereocenters. The highest BCUT2D eigenvalue weighted by molar-refractivity contribution is 7.19. The second-order valence-corrected chi connectivity index (χ2v) is 9.21. The Bertz CT molecular complexity index is 1180. The Morgan fingerprint density at radius 3 is 2.71 bits per heavy atom. The molecule has 2 aromatic carbocycles. The first-order chi connectivity index (χ1) is 16.2. The number of nitrogen functional groups attached to an aromatic ring is 1. The van der Waals surface area contributed by atoms with Gasteiger partial charge >= 0.3 is 12.3 Å². The van der Waals surface area contributed by atoms with E-state index in [1.165, 1.54) is 30.2 Å². The zero-order valence-electron chi connectivity index (χ0n) is 18.5. The van der Waals surface area contributed by atoms with Crippen molar-refractivity contribution in [3.8, 4) is 21.9 Å². The number of ether oxygens (including phenoxy) is 2. The number of rotatable bonds is 7. The average Bonchev–Trinajstić information content (AvgIpc) is 3.43. The molecule has 180 valence electrons. The molecule has 7 nitrogen and oxygen atoms in total. The molecular formula is C24H24F2N3O4S-. The number of hydrogen-bond acceptors (Lipinski definition) is 6. The van der Waals surface area contributed by atoms with E-state index in [1.807, 2.05) is 31.2 Å². The predicted molar refractivity (Wildman–Crippen MR) is 126 cm³/mol. The zero-order valence-corrected chi connectivity index (χ0v) is 19.3. The molecule has 3 aromatic rings. The van der Waals surface area contributed by atoms with Gasteiger partial charge in [0, 0.05) is 0 Å². The molecule has 5 rings (SSSR count). The van der Waals surface area contributed by atoms with E-state index >= 15 is 0 Å². The first kappa shape index (κ1) is 23.9. The van der Waals surface area contributed by atoms with Gasteiger partial charge in [0.05, 0.1) is 4.88 Å². The molecular weight excluding hydrogens is 464 g/mol. The number of aryl methyl sites for hydroxylation is 1. The summed E-state index contributed by atoms with van der Waals surface area (Å²) in [5, 5.41) is 13.7. The molecule has 1 aliphatic carbocycles. The van der Waals surface area contributed by atoms with Gasteiger partial charge in [-0.15, -0.1) is 21.9 Å². The lowest BCUT2D eigenvalue weighted by atomic mass is 10.1. The largest absolute Gasteiger partial charge is 0.662 e. The summed E-state index contributed by atoms with van der Waals surface area (Å²) >= 11 is 1.19. The maximum atomic E-state index is 12.8. The number of nitrogens with zero attached hydrogens (tertiary/aromatic N) is 2. The average molecular weight is 489 g/mol. The number of aromatic nitrogens is 1. The van der Waals surface area contributed by atoms with E-state index in [-0.39, 0.29) is 22.3 Å². The van der Waals surface area contributed by atoms with Crippen LogP contribution in [0.25, 0.3) is 15.8 Å². The van der Waals surface area contributed by atoms with Crippen LogP contribution in [0.4, 0.5) is 13.9 Å². The minimum atomic E-state index is -3.53. The number of aromatic carboxylic acids is 1. The van der Waals surface area contributed by atoms with Crippen LogP contribution in [0.2, 0.25) is 0 Å². The number of carbonyl (C=O) groups is 1. The number of halogens is 2. The van der Waals surface area contributed by atoms with Crippen LogP contribution in [0, 0.1) is 12.8 Å². The van der Waals surface area contributed by atoms with Crippen molar-refractivity contribution >= 4 is 22.4 Å². The third-order valence-corrected chi connectivity index (χ3v) is 6.17. The third kappa shape index (κ3) is 6.21. The van der Waals surface area contributed by atoms with Crippen molar-refractivity contribution in [3.63, 3.8) is 0 Å². The van der Waals surface area contributed by atoms with Crippen molar-refractivity contribution in [3.05, 3.63) is 64.6 Å². The van der Waals surface area contributed by atoms with E-state index < -0.39 is 12.3 Å². The number of carboxylic acid groups (broad SMARTS) is 1. The SMILES string of the molecule is Cc1cccc(-c2sc(N)nc2C(=O)O)c1.FC1(F)Oc2ccc(CC[N-]CC3CC3)cc2O1. The summed E-state index contributed by atoms with van der Waals surface area (Å²) in [7, 11) is 0. The minimum absolute atomic E-state index is 0.0214. The van der Waals surface area contributed by atoms with E-state index in [0.717, 1.165) is 42.1 Å². The van der Waals surface area contributed by atoms with E-state index in [0.29, 0.717) is 4.88 Å². The number of thiazole rings is 1. The van der Waals surface area contributed by atoms with Gasteiger partial charge in [-0.2, -0.15) is 0 Å². The Morgan fingerprint density at radius 1 is 1.24 bits per heavy atom. The smallest absolute Gasteiger partial charge is 0.586 e. The van der Waals surface area contributed by atoms with E-state index in [9.17, 15) is 13.6 Å². The molecule has 2 aliphatic rings. The van der Waals surface area contributed by atoms with Crippen molar-refractivity contribution in [1.82, 2.24) is 4.98 Å². The molecule has 3 N–H and O–H groups in total. The van der Waals surface area contributed by atoms with Gasteiger partial charge in [-0.05, 0) is 36.6 Å². The van der Waals surface area contributed by atoms with Crippen molar-refractivity contribution in [1.29, 1.82) is 0 Å². The highest BCUT2D eigenvalue weighted by Crippen LogP contribution is 2.41. The number of alkyl halides is 2. The quantitative estimate of drug-likeness (QED) is 0.411. The summed E-state index contributed by atoms with van der Waals surface area (Å²) < 4.78 is 34.4. The second kappa shape index (κ2) is 9.94. The Balaban J connectivity index is 0.000000162. The lowest BCUT2D eigenvalue weighted by Crippen LogP contribution is -2.25. The van der Waals surface area contributed by atoms with Gasteiger partial charge in [0.2, 0.25) is 0 Å². The van der Waals surface area contributed by atoms with Gasteiger partial charge in [-0.3, -0.25) is 0 Å². The van der Waals surface area contributed by atoms with Crippen LogP contribution in [0.5, 0.6) is 11.5 Å². The molecule has 0 saturated heterocycles. The molecule has 1 fully saturated rings. The fourth-order valence-corrected chi connectivity index (χ4v) is 4.22. The summed E-state index contributed by atoms with van der Waals surface area (Å²) in [4.78, 5) is 15.4. The second-order valence-electron chi connectivity index (χ2n) is 8.18. The molecule has 0 atom stereocenters. The number of fused-ring (bicyclic) bond motifs is 1. The molecule has 0 radical (unpaired) electrons. The van der Waals surface area contributed by atoms with Crippen LogP contribution in [0.15, 0.2) is 42.5 Å². The number of benzene rings is 2. The topological polar surface area (TPSA) is 109 Å². The molecule has 1 aliphatic heterocycles. The third-order valence-electron chi connectivity index (χ3n) is 5.24. The van der Waals surface area contributed by atoms with Crippen LogP contribution >= 0.6 is 11.3 Å². The molecule has 0 spiro atoms. The Labute approximate surface area is 199 Å². The molecule has 10 heteroatoms. The van der Waals surface area contributed by atoms with Crippen molar-refractivity contribution in [2.75, 3.05) is 18.8 Å². The highest BCUT2D eigenvalue weighted by Gasteiger charge is 2.43. The lowest BCUT2D eigenvalue weighted by molar-refractivity contribution is -0.286. The van der Waals surface area contributed by atoms with Crippen LogP contribution in [0.3, 0.4) is 0 Å². The normalized spacial score (nSPS) is 15.5. The first-order valence-corrected chi connectivity index (χ1v) is 11.6. The van der Waals surface area contributed by atoms with Gasteiger partial charge in [0.15, 0.2) is 22.3 Å². The van der Waals surface area contributed by atoms with E-state index in [2.05, 4.69) is 19.8 Å². The van der Waals surface area contributed by atoms with E-state index in [1.54, 1.807) is 12.1 Å². The summed E-state index contributed by atoms with van der Waals surface area (Å²) in [6.45, 7) is 3.61. The molecule has 0 bridgehead atoms. The number of anilines is 1. The van der Waals surface area contributed by atoms with Gasteiger partial charge in [0.1, 0.15) is 0 Å². The number of nitrogens with two attached hydrogens (primary N) is 1. The minimum Gasteiger partial charge on any atom is -0.662 e. The summed E-state index contributed by atoms with van der Waals surface area (Å²) in [6.07, 6.45) is -0.197. The number of hydrogen-bond donors (Lipinski definition) is 2. The van der Waals surface area contributed by atoms with Crippen LogP contribution < -0.4 is 15.2 Å². The fourth-order valence-electron chi connectivity index (χ4n) is 3.39. The highest BCUT2D eigenvalue weighted by atomic mass is 32.1. The molecule has 0 amide bonds. The van der Waals surface area contributed by atoms with Gasteiger partial charge < -0.3 is 25.6 Å². The van der Waals surface area contributed by atoms with Gasteiger partial charge in [0.25, 0.3) is 0 Å². The molecule has 34 heavy (non-hydrogen) atoms. The lowest BCUT2D eigenvalue weighted by Gasteiger charge is -2.17. The summed E-state index contributed by atoms with van der Waals surface area (Å²) in [5.74, 6) is -0.0525. The van der Waals surface area contributed by atoms with Crippen LogP contribution in [-0.2, 0) is 6.42 Å². The molecule has 2 heterocycles. The monoisotopic (exact) mass is 488 g/mol. The Kier molecular flexibility index (Phi) is 6.99. The predicted octanol–water partition coefficient (Wildman–Crippen LogP) is 5.73. The summed E-state index contributed by atoms with van der Waals surface area (Å²) in [6, 6.07) is 12.5. The van der Waals surface area contributed by atoms with Crippen molar-refractivity contribution in [2.24, 2.45) is 5.92 Å². The zero-order chi connectivity index (χ0) is 24.3. The molecule has 1 aromatic heterocycles.